The molecule has 1 saturated heterocycles. The molecule has 4 aliphatic carbocycles. The lowest BCUT2D eigenvalue weighted by Gasteiger charge is -2.62. The van der Waals surface area contributed by atoms with E-state index >= 15 is 18.8 Å². The molecule has 2 unspecified atom stereocenters. The summed E-state index contributed by atoms with van der Waals surface area (Å²) >= 11 is 0. The number of aliphatic hydroxyl groups is 6. The molecule has 1 aromatic heterocycles. The number of carbonyl (C=O) groups excluding carboxylic acids is 16. The van der Waals surface area contributed by atoms with E-state index in [4.69, 9.17) is 22.9 Å². The topological polar surface area (TPSA) is 708 Å². The van der Waals surface area contributed by atoms with Crippen molar-refractivity contribution in [2.45, 2.75) is 246 Å². The van der Waals surface area contributed by atoms with Crippen molar-refractivity contribution < 1.29 is 122 Å². The highest BCUT2D eigenvalue weighted by atomic mass is 33.1. The second-order valence-corrected chi connectivity index (χ2v) is 39.9. The van der Waals surface area contributed by atoms with Crippen LogP contribution in [-0.2, 0) is 107 Å². The van der Waals surface area contributed by atoms with Crippen LogP contribution in [-0.4, -0.2) is 293 Å². The number of fused-ring (bicyclic) bond motifs is 6. The Morgan fingerprint density at radius 3 is 1.48 bits per heavy atom. The van der Waals surface area contributed by atoms with E-state index in [0.29, 0.717) is 64.4 Å². The summed E-state index contributed by atoms with van der Waals surface area (Å²) in [6, 6.07) is 9.57. The molecule has 778 valence electrons. The molecule has 5 aromatic rings. The van der Waals surface area contributed by atoms with Crippen molar-refractivity contribution in [1.82, 2.24) is 74.1 Å². The molecular formula is C98H133FN18O24S2. The van der Waals surface area contributed by atoms with Gasteiger partial charge in [0.05, 0.1) is 43.9 Å². The number of H-pyrrole nitrogens is 1. The van der Waals surface area contributed by atoms with Crippen LogP contribution in [0, 0.1) is 28.6 Å². The Balaban J connectivity index is 0.000000688. The van der Waals surface area contributed by atoms with Gasteiger partial charge in [0, 0.05) is 71.0 Å². The first-order valence-corrected chi connectivity index (χ1v) is 50.0. The number of Topliss-reactive ketones (excluding diaryl/α,β-unsaturated/α-hetero) is 1. The van der Waals surface area contributed by atoms with Crippen molar-refractivity contribution in [1.29, 1.82) is 0 Å². The number of nitrogens with one attached hydrogen (secondary N) is 14. The molecule has 4 aromatic carbocycles. The summed E-state index contributed by atoms with van der Waals surface area (Å²) < 4.78 is 16.9. The Hall–Kier alpha value is -12.4. The summed E-state index contributed by atoms with van der Waals surface area (Å²) in [5.74, 6) is -19.8. The average Bonchev–Trinajstić information content (AvgIpc) is 1.54. The van der Waals surface area contributed by atoms with Crippen molar-refractivity contribution in [2.75, 3.05) is 44.4 Å². The predicted molar refractivity (Wildman–Crippen MR) is 525 cm³/mol. The number of ketones is 2. The van der Waals surface area contributed by atoms with Gasteiger partial charge >= 0.3 is 5.97 Å². The van der Waals surface area contributed by atoms with E-state index in [1.807, 2.05) is 0 Å². The van der Waals surface area contributed by atoms with E-state index in [-0.39, 0.29) is 89.0 Å². The highest BCUT2D eigenvalue weighted by Crippen LogP contribution is 2.71. The number of allylic oxidation sites excluding steroid dienone is 4. The van der Waals surface area contributed by atoms with Crippen molar-refractivity contribution in [2.24, 2.45) is 51.5 Å². The molecule has 1 aliphatic heterocycles. The number of halogens is 1. The largest absolute Gasteiger partial charge is 0.480 e. The normalized spacial score (nSPS) is 29.4. The molecule has 45 heteroatoms. The van der Waals surface area contributed by atoms with Crippen LogP contribution in [0.5, 0.6) is 0 Å². The zero-order valence-electron chi connectivity index (χ0n) is 80.4. The van der Waals surface area contributed by atoms with E-state index in [0.717, 1.165) is 35.4 Å². The van der Waals surface area contributed by atoms with Gasteiger partial charge in [-0.3, -0.25) is 76.7 Å². The maximum absolute atomic E-state index is 16.9. The van der Waals surface area contributed by atoms with Gasteiger partial charge in [0.2, 0.25) is 82.7 Å². The van der Waals surface area contributed by atoms with Gasteiger partial charge in [0.15, 0.2) is 17.2 Å². The van der Waals surface area contributed by atoms with Crippen LogP contribution in [0.2, 0.25) is 0 Å². The summed E-state index contributed by atoms with van der Waals surface area (Å²) in [7, 11) is 1.49. The van der Waals surface area contributed by atoms with Crippen LogP contribution in [0.3, 0.4) is 0 Å². The number of hydrogen-bond donors (Lipinski definition) is 25. The van der Waals surface area contributed by atoms with Crippen molar-refractivity contribution in [3.8, 4) is 0 Å². The Kier molecular flexibility index (Phi) is 42.1. The van der Waals surface area contributed by atoms with Crippen LogP contribution in [0.1, 0.15) is 134 Å². The third-order valence-electron chi connectivity index (χ3n) is 27.1. The minimum atomic E-state index is -1.99. The van der Waals surface area contributed by atoms with Crippen LogP contribution >= 0.6 is 21.6 Å². The third-order valence-corrected chi connectivity index (χ3v) is 29.5. The third kappa shape index (κ3) is 29.4. The Bertz CT molecular complexity index is 5420. The zero-order valence-corrected chi connectivity index (χ0v) is 82.0. The summed E-state index contributed by atoms with van der Waals surface area (Å²) in [6.45, 7) is 6.36. The average molecular weight is 2030 g/mol. The number of carboxylic acids is 1. The van der Waals surface area contributed by atoms with E-state index < -0.39 is 263 Å². The van der Waals surface area contributed by atoms with Crippen LogP contribution in [0.4, 0.5) is 4.39 Å². The summed E-state index contributed by atoms with van der Waals surface area (Å²) in [5, 5.41) is 108. The monoisotopic (exact) mass is 2030 g/mol. The van der Waals surface area contributed by atoms with Gasteiger partial charge in [-0.1, -0.05) is 156 Å². The molecule has 2 heterocycles. The number of primary amides is 1. The number of hydrogen-bond acceptors (Lipinski definition) is 28. The van der Waals surface area contributed by atoms with Gasteiger partial charge < -0.3 is 133 Å². The smallest absolute Gasteiger partial charge is 0.327 e. The number of nitrogens with two attached hydrogens (primary N) is 4. The predicted octanol–water partition coefficient (Wildman–Crippen LogP) is -3.02. The highest BCUT2D eigenvalue weighted by Gasteiger charge is 2.75. The van der Waals surface area contributed by atoms with Gasteiger partial charge in [0.25, 0.3) is 0 Å². The second kappa shape index (κ2) is 52.7. The molecule has 0 spiro atoms. The van der Waals surface area contributed by atoms with Crippen molar-refractivity contribution in [3.05, 3.63) is 168 Å². The molecule has 143 heavy (non-hydrogen) atoms. The standard InChI is InChI=1S/C76H104N18O19S2.C22H29FO5/c1-41(79)64(100)82-37-61(99)83-58-39-114-115-40-59(76(112)113)92-72(108)57(38-95)91-75(111)63(43(3)97)94-71(107)54(33-46-23-11-6-12-24-46)90-74(110)62(42(2)96)93-66(102)51(28-16-18-30-78)84-69(105)55(34-47-36-81-49-26-14-13-25-48(47)49)88-68(104)53(32-45-21-9-5-10-22-45)86-67(103)52(31-44-19-7-4-8-20-44)87-70(106)56(35-60(80)98)89-65(101)50(85-73(58)109)27-15-17-29-77;1-12-8-16-15-5-4-13-9-14(25)6-7-19(13,2)21(15,23)17(26)10-20(16,3)22(12,28)18(27)11-24/h4-14,19-26,36,41-43,50-59,62-63,81,95-97H,15-18,27-35,37-40,77-79H2,1-3H3,(H2,80,98)(H,82,100)(H,83,99)(H,84,105)(H,85,109)(H,86,103)(H,87,106)(H,88,104)(H,89,101)(H,90,110)(H,91,111)(H,92,108)(H,93,102)(H,94,107)(H,112,113);6-7,9,12,15-17,24,26,28H,4-5,8,10-11H2,1-3H3/t41-,42?,43?,50-,51-,52-,53-,54-,55-,56-,57-,58-,59-,62-,63-;12-,15+,16+,17+,19+,20+,21+,22+/m01/s1. The Labute approximate surface area is 833 Å². The molecule has 0 radical (unpaired) electrons. The fourth-order valence-electron chi connectivity index (χ4n) is 19.2. The lowest BCUT2D eigenvalue weighted by atomic mass is 9.44. The fourth-order valence-corrected chi connectivity index (χ4v) is 21.5. The molecule has 3 saturated carbocycles. The minimum absolute atomic E-state index is 0.0676. The maximum Gasteiger partial charge on any atom is 0.327 e. The molecule has 23 atom stereocenters. The number of aliphatic carboxylic acids is 1. The number of benzene rings is 4. The quantitative estimate of drug-likeness (QED) is 0.0175. The number of aliphatic hydroxyl groups excluding tert-OH is 5. The number of rotatable bonds is 28. The van der Waals surface area contributed by atoms with Gasteiger partial charge in [0.1, 0.15) is 84.7 Å². The van der Waals surface area contributed by atoms with E-state index in [2.05, 4.69) is 74.1 Å². The molecule has 14 amide bonds. The van der Waals surface area contributed by atoms with Gasteiger partial charge in [-0.25, -0.2) is 9.18 Å². The van der Waals surface area contributed by atoms with E-state index in [1.165, 1.54) is 19.1 Å². The van der Waals surface area contributed by atoms with Crippen LogP contribution in [0.25, 0.3) is 10.9 Å². The number of carbonyl (C=O) groups is 17. The molecule has 5 aliphatic rings. The SMILES string of the molecule is CC(O)[C@@H]1NC(=O)[C@H](Cc2ccccc2)NC(=O)[C@H](C(C)O)NC(=O)[C@H](CCCCN)NC(=O)[C@H](Cc2c[nH]c3ccccc23)NC(=O)[C@H](Cc2ccccc2)NC(=O)[C@H](Cc2ccccc2)NC(=O)[C@H](CC(N)=O)NC(=O)[C@H](CCCCN)NC(=O)[C@@H](NC(=O)CNC(=O)[C@H](C)N)CSSC[C@@H](C(=O)O)NC(=O)[C@H](CO)NC1=O.C[C@@H]1C[C@H]2[C@@H]3CCC4=CC(=O)C=C[C@]4(C)[C@@]3(F)[C@@H](O)C[C@]2(C)[C@@]1(O)C(=O)CO. The number of para-hydroxylation sites is 1. The summed E-state index contributed by atoms with van der Waals surface area (Å²) in [4.78, 5) is 241. The molecule has 10 rings (SSSR count). The van der Waals surface area contributed by atoms with Gasteiger partial charge in [-0.05, 0) is 157 Å². The first-order valence-electron chi connectivity index (χ1n) is 47.5. The zero-order chi connectivity index (χ0) is 105. The molecule has 42 nitrogen and oxygen atoms in total. The van der Waals surface area contributed by atoms with Crippen molar-refractivity contribution >= 4 is 133 Å². The number of aromatic amines is 1. The number of amides is 14. The first-order chi connectivity index (χ1) is 67.9. The van der Waals surface area contributed by atoms with Gasteiger partial charge in [-0.2, -0.15) is 0 Å². The van der Waals surface area contributed by atoms with Gasteiger partial charge in [-0.15, -0.1) is 0 Å². The van der Waals surface area contributed by atoms with E-state index in [1.54, 1.807) is 148 Å². The fraction of sp³-hybridized carbons (Fsp3) is 0.520. The lowest BCUT2D eigenvalue weighted by Crippen LogP contribution is -2.69. The molecule has 29 N–H and O–H groups in total. The Morgan fingerprint density at radius 1 is 0.552 bits per heavy atom. The number of unbranched alkanes of at least 4 members (excludes halogenated alkanes) is 2. The number of aromatic nitrogens is 1. The lowest BCUT2D eigenvalue weighted by molar-refractivity contribution is -0.219. The summed E-state index contributed by atoms with van der Waals surface area (Å²) in [6.07, 6.45) is 0.963. The minimum Gasteiger partial charge on any atom is -0.480 e. The van der Waals surface area contributed by atoms with Crippen LogP contribution in [0.15, 0.2) is 145 Å². The summed E-state index contributed by atoms with van der Waals surface area (Å²) in [5.41, 5.74) is 20.5. The molecule has 0 bridgehead atoms. The number of alkyl halides is 1. The Morgan fingerprint density at radius 2 is 0.993 bits per heavy atom. The first kappa shape index (κ1) is 114. The highest BCUT2D eigenvalue weighted by molar-refractivity contribution is 8.76. The maximum atomic E-state index is 16.9. The molecule has 4 fully saturated rings. The van der Waals surface area contributed by atoms with Crippen molar-refractivity contribution in [3.63, 3.8) is 0 Å². The van der Waals surface area contributed by atoms with E-state index in [9.17, 15) is 103 Å². The second-order valence-electron chi connectivity index (χ2n) is 37.3. The van der Waals surface area contributed by atoms with Crippen LogP contribution < -0.4 is 92.1 Å². The molecular weight excluding hydrogens is 1900 g/mol. The number of carboxylic acid groups (broad SMARTS) is 1.